The largest absolute Gasteiger partial charge is 0.396 e. The predicted octanol–water partition coefficient (Wildman–Crippen LogP) is 1.95. The van der Waals surface area contributed by atoms with Gasteiger partial charge in [-0.3, -0.25) is 0 Å². The highest BCUT2D eigenvalue weighted by Crippen LogP contribution is 1.98. The molecule has 0 amide bonds. The predicted molar refractivity (Wildman–Crippen MR) is 48.6 cm³/mol. The van der Waals surface area contributed by atoms with E-state index in [1.165, 1.54) is 0 Å². The van der Waals surface area contributed by atoms with Crippen molar-refractivity contribution in [1.29, 1.82) is 0 Å². The minimum absolute atomic E-state index is 0.0509. The van der Waals surface area contributed by atoms with Gasteiger partial charge >= 0.3 is 0 Å². The summed E-state index contributed by atoms with van der Waals surface area (Å²) in [4.78, 5) is 0. The molecular formula is C9H22O2. The van der Waals surface area contributed by atoms with Crippen LogP contribution >= 0.6 is 0 Å². The molecule has 0 spiro atoms. The van der Waals surface area contributed by atoms with Gasteiger partial charge in [0.2, 0.25) is 0 Å². The zero-order valence-electron chi connectivity index (χ0n) is 8.01. The smallest absolute Gasteiger partial charge is 0.0537 e. The number of aliphatic hydroxyl groups is 2. The van der Waals surface area contributed by atoms with Crippen molar-refractivity contribution >= 4 is 0 Å². The summed E-state index contributed by atoms with van der Waals surface area (Å²) < 4.78 is 0. The quantitative estimate of drug-likeness (QED) is 0.663. The lowest BCUT2D eigenvalue weighted by molar-refractivity contribution is 0.159. The van der Waals surface area contributed by atoms with Crippen molar-refractivity contribution in [1.82, 2.24) is 0 Å². The molecule has 70 valence electrons. The fourth-order valence-corrected chi connectivity index (χ4v) is 0.537. The molecule has 0 bridgehead atoms. The molecule has 0 rings (SSSR count). The average molecular weight is 162 g/mol. The summed E-state index contributed by atoms with van der Waals surface area (Å²) in [6.07, 6.45) is 3.77. The molecule has 0 aliphatic heterocycles. The molecule has 0 heterocycles. The first-order valence-corrected chi connectivity index (χ1v) is 4.51. The van der Waals surface area contributed by atoms with Gasteiger partial charge in [0.1, 0.15) is 0 Å². The van der Waals surface area contributed by atoms with Crippen molar-refractivity contribution in [2.45, 2.75) is 52.6 Å². The van der Waals surface area contributed by atoms with Gasteiger partial charge in [0.15, 0.2) is 0 Å². The Morgan fingerprint density at radius 2 is 1.55 bits per heavy atom. The molecule has 0 saturated carbocycles. The maximum absolute atomic E-state index is 8.86. The molecule has 2 heteroatoms. The summed E-state index contributed by atoms with van der Waals surface area (Å²) in [6.45, 7) is 6.33. The number of hydrogen-bond acceptors (Lipinski definition) is 2. The van der Waals surface area contributed by atoms with E-state index in [4.69, 9.17) is 10.2 Å². The molecule has 2 N–H and O–H groups in total. The Morgan fingerprint density at radius 3 is 1.64 bits per heavy atom. The van der Waals surface area contributed by atoms with Crippen molar-refractivity contribution < 1.29 is 10.2 Å². The van der Waals surface area contributed by atoms with Gasteiger partial charge in [-0.05, 0) is 19.3 Å². The molecular weight excluding hydrogens is 140 g/mol. The minimum atomic E-state index is -0.0509. The normalized spacial score (nSPS) is 11.7. The molecule has 0 fully saturated rings. The monoisotopic (exact) mass is 162 g/mol. The summed E-state index contributed by atoms with van der Waals surface area (Å²) in [5.41, 5.74) is 0. The highest BCUT2D eigenvalue weighted by atomic mass is 16.3. The van der Waals surface area contributed by atoms with Crippen molar-refractivity contribution in [3.63, 3.8) is 0 Å². The van der Waals surface area contributed by atoms with Crippen LogP contribution in [0, 0.1) is 0 Å². The van der Waals surface area contributed by atoms with E-state index in [1.54, 1.807) is 0 Å². The van der Waals surface area contributed by atoms with Gasteiger partial charge in [0.05, 0.1) is 6.10 Å². The Morgan fingerprint density at radius 1 is 1.09 bits per heavy atom. The molecule has 0 aliphatic rings. The standard InChI is InChI=1S/C6H14O.C3H8O/c1-3-5-6(7)4-2;1-2-3-4/h6-7H,3-5H2,1-2H3;4H,2-3H2,1H3. The van der Waals surface area contributed by atoms with Gasteiger partial charge in [-0.1, -0.05) is 27.2 Å². The third-order valence-corrected chi connectivity index (χ3v) is 1.32. The summed E-state index contributed by atoms with van der Waals surface area (Å²) in [6, 6.07) is 0. The fourth-order valence-electron chi connectivity index (χ4n) is 0.537. The van der Waals surface area contributed by atoms with E-state index in [0.717, 1.165) is 25.7 Å². The van der Waals surface area contributed by atoms with Gasteiger partial charge in [-0.25, -0.2) is 0 Å². The Labute approximate surface area is 70.3 Å². The highest BCUT2D eigenvalue weighted by molar-refractivity contribution is 4.47. The van der Waals surface area contributed by atoms with Crippen molar-refractivity contribution in [3.8, 4) is 0 Å². The second kappa shape index (κ2) is 12.6. The lowest BCUT2D eigenvalue weighted by atomic mass is 10.2. The van der Waals surface area contributed by atoms with Crippen LogP contribution in [0.3, 0.4) is 0 Å². The zero-order valence-corrected chi connectivity index (χ0v) is 8.01. The summed E-state index contributed by atoms with van der Waals surface area (Å²) in [7, 11) is 0. The Hall–Kier alpha value is -0.0800. The van der Waals surface area contributed by atoms with Crippen molar-refractivity contribution in [2.75, 3.05) is 6.61 Å². The lowest BCUT2D eigenvalue weighted by Gasteiger charge is -2.01. The second-order valence-corrected chi connectivity index (χ2v) is 2.57. The van der Waals surface area contributed by atoms with Gasteiger partial charge in [0.25, 0.3) is 0 Å². The van der Waals surface area contributed by atoms with Gasteiger partial charge in [-0.15, -0.1) is 0 Å². The first kappa shape index (κ1) is 13.5. The average Bonchev–Trinajstić information content (AvgIpc) is 2.05. The van der Waals surface area contributed by atoms with E-state index in [9.17, 15) is 0 Å². The van der Waals surface area contributed by atoms with Crippen LogP contribution in [-0.4, -0.2) is 22.9 Å². The summed E-state index contributed by atoms with van der Waals surface area (Å²) >= 11 is 0. The molecule has 0 aromatic heterocycles. The number of aliphatic hydroxyl groups excluding tert-OH is 2. The van der Waals surface area contributed by atoms with E-state index < -0.39 is 0 Å². The lowest BCUT2D eigenvalue weighted by Crippen LogP contribution is -2.01. The molecule has 1 unspecified atom stereocenters. The second-order valence-electron chi connectivity index (χ2n) is 2.57. The van der Waals surface area contributed by atoms with Crippen LogP contribution < -0.4 is 0 Å². The highest BCUT2D eigenvalue weighted by Gasteiger charge is 1.94. The first-order chi connectivity index (χ1) is 5.22. The Kier molecular flexibility index (Phi) is 15.4. The molecule has 0 saturated heterocycles. The van der Waals surface area contributed by atoms with Crippen LogP contribution in [0.1, 0.15) is 46.5 Å². The van der Waals surface area contributed by atoms with Crippen LogP contribution in [0.4, 0.5) is 0 Å². The minimum Gasteiger partial charge on any atom is -0.396 e. The SMILES string of the molecule is CCCC(O)CC.CCCO. The molecule has 1 atom stereocenters. The zero-order chi connectivity index (χ0) is 9.11. The summed E-state index contributed by atoms with van der Waals surface area (Å²) in [5.74, 6) is 0. The van der Waals surface area contributed by atoms with E-state index in [0.29, 0.717) is 6.61 Å². The molecule has 0 aromatic rings. The molecule has 0 radical (unpaired) electrons. The molecule has 2 nitrogen and oxygen atoms in total. The van der Waals surface area contributed by atoms with Crippen LogP contribution in [0.25, 0.3) is 0 Å². The van der Waals surface area contributed by atoms with E-state index >= 15 is 0 Å². The Bertz CT molecular complexity index is 53.5. The first-order valence-electron chi connectivity index (χ1n) is 4.51. The third kappa shape index (κ3) is 17.8. The van der Waals surface area contributed by atoms with Gasteiger partial charge < -0.3 is 10.2 Å². The van der Waals surface area contributed by atoms with Crippen molar-refractivity contribution in [2.24, 2.45) is 0 Å². The van der Waals surface area contributed by atoms with Crippen molar-refractivity contribution in [3.05, 3.63) is 0 Å². The fraction of sp³-hybridized carbons (Fsp3) is 1.00. The third-order valence-electron chi connectivity index (χ3n) is 1.32. The summed E-state index contributed by atoms with van der Waals surface area (Å²) in [5, 5.41) is 16.7. The van der Waals surface area contributed by atoms with Crippen LogP contribution in [0.2, 0.25) is 0 Å². The van der Waals surface area contributed by atoms with Gasteiger partial charge in [-0.2, -0.15) is 0 Å². The van der Waals surface area contributed by atoms with Crippen LogP contribution in [0.15, 0.2) is 0 Å². The molecule has 0 aliphatic carbocycles. The topological polar surface area (TPSA) is 40.5 Å². The van der Waals surface area contributed by atoms with E-state index in [2.05, 4.69) is 6.92 Å². The number of rotatable bonds is 4. The molecule has 0 aromatic carbocycles. The van der Waals surface area contributed by atoms with E-state index in [-0.39, 0.29) is 6.10 Å². The van der Waals surface area contributed by atoms with Crippen LogP contribution in [0.5, 0.6) is 0 Å². The van der Waals surface area contributed by atoms with Crippen LogP contribution in [-0.2, 0) is 0 Å². The van der Waals surface area contributed by atoms with Gasteiger partial charge in [0, 0.05) is 6.61 Å². The maximum Gasteiger partial charge on any atom is 0.0537 e. The number of hydrogen-bond donors (Lipinski definition) is 2. The Balaban J connectivity index is 0. The molecule has 11 heavy (non-hydrogen) atoms. The van der Waals surface area contributed by atoms with E-state index in [1.807, 2.05) is 13.8 Å². The maximum atomic E-state index is 8.86.